The molecule has 0 spiro atoms. The summed E-state index contributed by atoms with van der Waals surface area (Å²) in [6.45, 7) is 0.368. The Hall–Kier alpha value is -2.08. The van der Waals surface area contributed by atoms with Crippen LogP contribution in [0.25, 0.3) is 5.69 Å². The van der Waals surface area contributed by atoms with E-state index in [1.165, 1.54) is 0 Å². The zero-order valence-corrected chi connectivity index (χ0v) is 9.75. The lowest BCUT2D eigenvalue weighted by molar-refractivity contribution is 0.393. The standard InChI is InChI=1S/C11H14N4O2/c1-16-10-3-8(4-11(5-10)17-2)15-9(6-12)7-13-14-15/h3-5,7H,6,12H2,1-2H3. The highest BCUT2D eigenvalue weighted by Gasteiger charge is 2.08. The maximum absolute atomic E-state index is 5.61. The van der Waals surface area contributed by atoms with Gasteiger partial charge < -0.3 is 15.2 Å². The average Bonchev–Trinajstić information content (AvgIpc) is 2.86. The number of hydrogen-bond acceptors (Lipinski definition) is 5. The molecular weight excluding hydrogens is 220 g/mol. The first-order valence-corrected chi connectivity index (χ1v) is 5.11. The SMILES string of the molecule is COc1cc(OC)cc(-n2nncc2CN)c1. The Morgan fingerprint density at radius 2 is 1.82 bits per heavy atom. The lowest BCUT2D eigenvalue weighted by atomic mass is 10.2. The van der Waals surface area contributed by atoms with Crippen LogP contribution in [0.2, 0.25) is 0 Å². The van der Waals surface area contributed by atoms with Gasteiger partial charge in [0.05, 0.1) is 31.8 Å². The van der Waals surface area contributed by atoms with Gasteiger partial charge in [-0.15, -0.1) is 5.10 Å². The van der Waals surface area contributed by atoms with Crippen LogP contribution in [0.4, 0.5) is 0 Å². The summed E-state index contributed by atoms with van der Waals surface area (Å²) in [5, 5.41) is 7.82. The zero-order valence-electron chi connectivity index (χ0n) is 9.75. The van der Waals surface area contributed by atoms with Gasteiger partial charge in [0.1, 0.15) is 11.5 Å². The quantitative estimate of drug-likeness (QED) is 0.844. The van der Waals surface area contributed by atoms with Gasteiger partial charge in [-0.3, -0.25) is 0 Å². The lowest BCUT2D eigenvalue weighted by Crippen LogP contribution is -2.07. The number of rotatable bonds is 4. The first-order chi connectivity index (χ1) is 8.28. The van der Waals surface area contributed by atoms with Gasteiger partial charge >= 0.3 is 0 Å². The van der Waals surface area contributed by atoms with Gasteiger partial charge in [0.15, 0.2) is 0 Å². The number of aromatic nitrogens is 3. The smallest absolute Gasteiger partial charge is 0.124 e. The van der Waals surface area contributed by atoms with Gasteiger partial charge in [-0.1, -0.05) is 5.21 Å². The van der Waals surface area contributed by atoms with E-state index in [0.29, 0.717) is 18.0 Å². The minimum absolute atomic E-state index is 0.368. The second-order valence-electron chi connectivity index (χ2n) is 3.41. The molecule has 0 aliphatic heterocycles. The Morgan fingerprint density at radius 1 is 1.18 bits per heavy atom. The summed E-state index contributed by atoms with van der Waals surface area (Å²) in [6, 6.07) is 5.48. The third kappa shape index (κ3) is 2.21. The van der Waals surface area contributed by atoms with Crippen LogP contribution in [-0.4, -0.2) is 29.2 Å². The summed E-state index contributed by atoms with van der Waals surface area (Å²) in [4.78, 5) is 0. The first kappa shape index (κ1) is 11.4. The summed E-state index contributed by atoms with van der Waals surface area (Å²) in [6.07, 6.45) is 1.63. The fraction of sp³-hybridized carbons (Fsp3) is 0.273. The minimum atomic E-state index is 0.368. The molecule has 0 amide bonds. The number of benzene rings is 1. The van der Waals surface area contributed by atoms with E-state index >= 15 is 0 Å². The monoisotopic (exact) mass is 234 g/mol. The fourth-order valence-electron chi connectivity index (χ4n) is 1.53. The number of nitrogens with two attached hydrogens (primary N) is 1. The van der Waals surface area contributed by atoms with E-state index in [2.05, 4.69) is 10.3 Å². The van der Waals surface area contributed by atoms with Crippen LogP contribution in [0.1, 0.15) is 5.69 Å². The van der Waals surface area contributed by atoms with Gasteiger partial charge in [0.2, 0.25) is 0 Å². The van der Waals surface area contributed by atoms with E-state index in [0.717, 1.165) is 11.4 Å². The molecule has 2 N–H and O–H groups in total. The number of nitrogens with zero attached hydrogens (tertiary/aromatic N) is 3. The molecule has 1 aromatic carbocycles. The molecule has 0 aliphatic rings. The van der Waals surface area contributed by atoms with Crippen molar-refractivity contribution >= 4 is 0 Å². The van der Waals surface area contributed by atoms with Crippen molar-refractivity contribution < 1.29 is 9.47 Å². The van der Waals surface area contributed by atoms with Gasteiger partial charge in [-0.25, -0.2) is 4.68 Å². The molecule has 0 atom stereocenters. The fourth-order valence-corrected chi connectivity index (χ4v) is 1.53. The molecule has 0 saturated heterocycles. The third-order valence-corrected chi connectivity index (χ3v) is 2.41. The Balaban J connectivity index is 2.51. The predicted octanol–water partition coefficient (Wildman–Crippen LogP) is 0.743. The van der Waals surface area contributed by atoms with Crippen LogP contribution >= 0.6 is 0 Å². The van der Waals surface area contributed by atoms with E-state index in [4.69, 9.17) is 15.2 Å². The van der Waals surface area contributed by atoms with E-state index in [1.807, 2.05) is 12.1 Å². The second kappa shape index (κ2) is 4.84. The highest BCUT2D eigenvalue weighted by atomic mass is 16.5. The lowest BCUT2D eigenvalue weighted by Gasteiger charge is -2.09. The van der Waals surface area contributed by atoms with E-state index in [9.17, 15) is 0 Å². The van der Waals surface area contributed by atoms with Crippen molar-refractivity contribution in [2.45, 2.75) is 6.54 Å². The predicted molar refractivity (Wildman–Crippen MR) is 62.4 cm³/mol. The first-order valence-electron chi connectivity index (χ1n) is 5.11. The van der Waals surface area contributed by atoms with Crippen molar-refractivity contribution in [3.05, 3.63) is 30.1 Å². The molecule has 1 aromatic heterocycles. The molecule has 6 heteroatoms. The normalized spacial score (nSPS) is 10.3. The van der Waals surface area contributed by atoms with Crippen LogP contribution in [0.5, 0.6) is 11.5 Å². The van der Waals surface area contributed by atoms with Crippen molar-refractivity contribution in [3.63, 3.8) is 0 Å². The molecule has 0 fully saturated rings. The molecule has 0 unspecified atom stereocenters. The summed E-state index contributed by atoms with van der Waals surface area (Å²) in [5.74, 6) is 1.38. The molecule has 1 heterocycles. The Morgan fingerprint density at radius 3 is 2.35 bits per heavy atom. The van der Waals surface area contributed by atoms with Crippen LogP contribution in [0.3, 0.4) is 0 Å². The largest absolute Gasteiger partial charge is 0.497 e. The molecule has 2 aromatic rings. The summed E-state index contributed by atoms with van der Waals surface area (Å²) < 4.78 is 12.1. The van der Waals surface area contributed by atoms with E-state index < -0.39 is 0 Å². The van der Waals surface area contributed by atoms with Gasteiger partial charge in [0, 0.05) is 24.7 Å². The Kier molecular flexibility index (Phi) is 3.24. The summed E-state index contributed by atoms with van der Waals surface area (Å²) in [5.41, 5.74) is 7.23. The van der Waals surface area contributed by atoms with Crippen molar-refractivity contribution in [2.75, 3.05) is 14.2 Å². The second-order valence-corrected chi connectivity index (χ2v) is 3.41. The van der Waals surface area contributed by atoms with Crippen LogP contribution in [0.15, 0.2) is 24.4 Å². The topological polar surface area (TPSA) is 75.2 Å². The van der Waals surface area contributed by atoms with Crippen molar-refractivity contribution in [1.82, 2.24) is 15.0 Å². The number of methoxy groups -OCH3 is 2. The highest BCUT2D eigenvalue weighted by Crippen LogP contribution is 2.24. The number of hydrogen-bond donors (Lipinski definition) is 1. The Labute approximate surface area is 98.9 Å². The van der Waals surface area contributed by atoms with E-state index in [-0.39, 0.29) is 0 Å². The molecule has 0 saturated carbocycles. The van der Waals surface area contributed by atoms with E-state index in [1.54, 1.807) is 31.2 Å². The minimum Gasteiger partial charge on any atom is -0.497 e. The zero-order chi connectivity index (χ0) is 12.3. The molecular formula is C11H14N4O2. The van der Waals surface area contributed by atoms with Crippen LogP contribution in [-0.2, 0) is 6.54 Å². The maximum Gasteiger partial charge on any atom is 0.124 e. The molecule has 6 nitrogen and oxygen atoms in total. The molecule has 0 aliphatic carbocycles. The highest BCUT2D eigenvalue weighted by molar-refractivity contribution is 5.46. The summed E-state index contributed by atoms with van der Waals surface area (Å²) in [7, 11) is 3.20. The average molecular weight is 234 g/mol. The molecule has 0 bridgehead atoms. The number of ether oxygens (including phenoxy) is 2. The van der Waals surface area contributed by atoms with Crippen molar-refractivity contribution in [1.29, 1.82) is 0 Å². The van der Waals surface area contributed by atoms with Gasteiger partial charge in [-0.05, 0) is 0 Å². The van der Waals surface area contributed by atoms with Crippen LogP contribution < -0.4 is 15.2 Å². The molecule has 0 radical (unpaired) electrons. The summed E-state index contributed by atoms with van der Waals surface area (Å²) >= 11 is 0. The van der Waals surface area contributed by atoms with Crippen molar-refractivity contribution in [3.8, 4) is 17.2 Å². The third-order valence-electron chi connectivity index (χ3n) is 2.41. The molecule has 90 valence electrons. The maximum atomic E-state index is 5.61. The van der Waals surface area contributed by atoms with Gasteiger partial charge in [-0.2, -0.15) is 0 Å². The van der Waals surface area contributed by atoms with Gasteiger partial charge in [0.25, 0.3) is 0 Å². The molecule has 2 rings (SSSR count). The Bertz CT molecular complexity index is 488. The molecule has 17 heavy (non-hydrogen) atoms. The van der Waals surface area contributed by atoms with Crippen molar-refractivity contribution in [2.24, 2.45) is 5.73 Å². The van der Waals surface area contributed by atoms with Crippen LogP contribution in [0, 0.1) is 0 Å².